The monoisotopic (exact) mass is 351 g/mol. The topological polar surface area (TPSA) is 81.8 Å². The summed E-state index contributed by atoms with van der Waals surface area (Å²) in [6.45, 7) is 10.7. The molecular weight excluding hydrogens is 326 g/mol. The molecule has 1 rings (SSSR count). The summed E-state index contributed by atoms with van der Waals surface area (Å²) in [6.07, 6.45) is 0. The van der Waals surface area contributed by atoms with Crippen LogP contribution in [0.25, 0.3) is 0 Å². The number of thiocarbonyl (C=S) groups is 2. The first-order valence-electron chi connectivity index (χ1n) is 6.57. The highest BCUT2D eigenvalue weighted by Crippen LogP contribution is 2.06. The van der Waals surface area contributed by atoms with E-state index in [4.69, 9.17) is 10.2 Å². The van der Waals surface area contributed by atoms with Crippen LogP contribution in [0, 0.1) is 0 Å². The number of aliphatic hydroxyl groups is 2. The number of hydrogen-bond acceptors (Lipinski definition) is 4. The van der Waals surface area contributed by atoms with Gasteiger partial charge < -0.3 is 26.2 Å². The number of aliphatic hydroxyl groups excluding tert-OH is 2. The van der Waals surface area contributed by atoms with E-state index in [1.165, 1.54) is 19.6 Å². The molecule has 0 radical (unpaired) electrons. The fourth-order valence-corrected chi connectivity index (χ4v) is 1.96. The molecule has 0 aromatic carbocycles. The van der Waals surface area contributed by atoms with Crippen LogP contribution < -0.4 is 11.1 Å². The molecule has 5 nitrogen and oxygen atoms in total. The smallest absolute Gasteiger partial charge is 0.254 e. The number of rotatable bonds is 5. The van der Waals surface area contributed by atoms with E-state index in [0.717, 1.165) is 4.88 Å². The minimum absolute atomic E-state index is 0.145. The number of nitrogens with zero attached hydrogens (tertiary/aromatic N) is 1. The molecule has 1 aromatic rings. The van der Waals surface area contributed by atoms with Crippen LogP contribution in [-0.2, 0) is 6.54 Å². The Hall–Kier alpha value is -0.960. The molecule has 21 heavy (non-hydrogen) atoms. The largest absolute Gasteiger partial charge is 0.487 e. The van der Waals surface area contributed by atoms with Gasteiger partial charge in [0.1, 0.15) is 0 Å². The maximum Gasteiger partial charge on any atom is 0.254 e. The van der Waals surface area contributed by atoms with Crippen molar-refractivity contribution >= 4 is 46.1 Å². The van der Waals surface area contributed by atoms with Crippen LogP contribution >= 0.6 is 35.8 Å². The zero-order chi connectivity index (χ0) is 16.7. The first-order chi connectivity index (χ1) is 9.87. The van der Waals surface area contributed by atoms with E-state index in [0.29, 0.717) is 6.54 Å². The summed E-state index contributed by atoms with van der Waals surface area (Å²) in [6, 6.07) is 3.94. The van der Waals surface area contributed by atoms with Crippen LogP contribution in [0.4, 0.5) is 0 Å². The molecule has 8 heteroatoms. The van der Waals surface area contributed by atoms with Gasteiger partial charge in [0.05, 0.1) is 6.54 Å². The van der Waals surface area contributed by atoms with Gasteiger partial charge in [-0.15, -0.1) is 11.3 Å². The van der Waals surface area contributed by atoms with Crippen LogP contribution in [0.15, 0.2) is 17.5 Å². The van der Waals surface area contributed by atoms with Crippen LogP contribution in [0.5, 0.6) is 0 Å². The third kappa shape index (κ3) is 19.0. The molecule has 1 aromatic heterocycles. The van der Waals surface area contributed by atoms with Crippen LogP contribution in [0.3, 0.4) is 0 Å². The van der Waals surface area contributed by atoms with E-state index in [2.05, 4.69) is 61.2 Å². The van der Waals surface area contributed by atoms with Gasteiger partial charge in [-0.1, -0.05) is 26.8 Å². The highest BCUT2D eigenvalue weighted by atomic mass is 32.1. The third-order valence-corrected chi connectivity index (χ3v) is 3.36. The SMILES string of the molecule is CCN(CC)CC.NC(O)=S.OC(=S)NCc1cccs1. The molecule has 0 unspecified atom stereocenters. The Morgan fingerprint density at radius 3 is 1.95 bits per heavy atom. The molecule has 122 valence electrons. The fourth-order valence-electron chi connectivity index (χ4n) is 1.25. The number of nitrogens with two attached hydrogens (primary N) is 1. The molecule has 0 aliphatic carbocycles. The lowest BCUT2D eigenvalue weighted by atomic mass is 10.5. The molecule has 0 amide bonds. The Morgan fingerprint density at radius 2 is 1.71 bits per heavy atom. The molecule has 5 N–H and O–H groups in total. The van der Waals surface area contributed by atoms with E-state index < -0.39 is 5.17 Å². The molecule has 0 saturated heterocycles. The van der Waals surface area contributed by atoms with E-state index in [9.17, 15) is 0 Å². The summed E-state index contributed by atoms with van der Waals surface area (Å²) in [5, 5.41) is 20.1. The molecular formula is C13H25N3O2S3. The van der Waals surface area contributed by atoms with E-state index in [-0.39, 0.29) is 5.17 Å². The number of hydrogen-bond donors (Lipinski definition) is 4. The summed E-state index contributed by atoms with van der Waals surface area (Å²) in [4.78, 5) is 3.54. The zero-order valence-corrected chi connectivity index (χ0v) is 15.2. The normalized spacial score (nSPS) is 8.95. The van der Waals surface area contributed by atoms with Crippen molar-refractivity contribution < 1.29 is 10.2 Å². The highest BCUT2D eigenvalue weighted by Gasteiger charge is 1.92. The molecule has 0 bridgehead atoms. The van der Waals surface area contributed by atoms with Crippen LogP contribution in [0.1, 0.15) is 25.6 Å². The van der Waals surface area contributed by atoms with Gasteiger partial charge in [-0.2, -0.15) is 0 Å². The molecule has 1 heterocycles. The summed E-state index contributed by atoms with van der Waals surface area (Å²) in [5.41, 5.74) is 4.40. The van der Waals surface area contributed by atoms with Crippen molar-refractivity contribution in [3.05, 3.63) is 22.4 Å². The Bertz CT molecular complexity index is 359. The third-order valence-electron chi connectivity index (χ3n) is 2.34. The van der Waals surface area contributed by atoms with Crippen molar-refractivity contribution in [1.82, 2.24) is 10.2 Å². The first kappa shape index (κ1) is 22.3. The Balaban J connectivity index is 0. The standard InChI is InChI=1S/C6H7NOS2.C6H15N.CH3NOS/c8-6(9)7-4-5-2-1-3-10-5;1-4-7(5-2)6-3;2-1(3)4/h1-3H,4H2,(H2,7,8,9);4-6H2,1-3H3;(H3,2,3,4). The van der Waals surface area contributed by atoms with Crippen molar-refractivity contribution in [2.24, 2.45) is 5.73 Å². The summed E-state index contributed by atoms with van der Waals surface area (Å²) in [5.74, 6) is 0. The molecule has 0 atom stereocenters. The van der Waals surface area contributed by atoms with Gasteiger partial charge in [0, 0.05) is 4.88 Å². The molecule has 0 spiro atoms. The predicted octanol–water partition coefficient (Wildman–Crippen LogP) is 2.82. The molecule has 0 fully saturated rings. The van der Waals surface area contributed by atoms with Gasteiger partial charge in [-0.3, -0.25) is 0 Å². The quantitative estimate of drug-likeness (QED) is 0.607. The van der Waals surface area contributed by atoms with Crippen molar-refractivity contribution in [3.63, 3.8) is 0 Å². The number of nitrogens with one attached hydrogen (secondary N) is 1. The Morgan fingerprint density at radius 1 is 1.24 bits per heavy atom. The predicted molar refractivity (Wildman–Crippen MR) is 99.3 cm³/mol. The second kappa shape index (κ2) is 15.4. The van der Waals surface area contributed by atoms with Crippen LogP contribution in [0.2, 0.25) is 0 Å². The highest BCUT2D eigenvalue weighted by molar-refractivity contribution is 7.80. The average Bonchev–Trinajstić information content (AvgIpc) is 2.92. The minimum Gasteiger partial charge on any atom is -0.487 e. The van der Waals surface area contributed by atoms with Gasteiger partial charge in [-0.05, 0) is 55.5 Å². The van der Waals surface area contributed by atoms with Gasteiger partial charge in [-0.25, -0.2) is 0 Å². The van der Waals surface area contributed by atoms with Crippen LogP contribution in [-0.4, -0.2) is 45.1 Å². The number of thiophene rings is 1. The van der Waals surface area contributed by atoms with Gasteiger partial charge in [0.15, 0.2) is 0 Å². The van der Waals surface area contributed by atoms with Crippen molar-refractivity contribution in [2.45, 2.75) is 27.3 Å². The lowest BCUT2D eigenvalue weighted by Gasteiger charge is -2.13. The lowest BCUT2D eigenvalue weighted by molar-refractivity contribution is 0.321. The second-order valence-corrected chi connectivity index (χ2v) is 5.53. The van der Waals surface area contributed by atoms with Gasteiger partial charge in [0.2, 0.25) is 0 Å². The lowest BCUT2D eigenvalue weighted by Crippen LogP contribution is -2.21. The summed E-state index contributed by atoms with van der Waals surface area (Å²) >= 11 is 9.92. The second-order valence-electron chi connectivity index (χ2n) is 3.70. The maximum absolute atomic E-state index is 8.58. The molecule has 0 saturated carbocycles. The Kier molecular flexibility index (Phi) is 16.4. The first-order valence-corrected chi connectivity index (χ1v) is 8.26. The van der Waals surface area contributed by atoms with E-state index in [1.807, 2.05) is 17.5 Å². The van der Waals surface area contributed by atoms with Crippen molar-refractivity contribution in [2.75, 3.05) is 19.6 Å². The average molecular weight is 352 g/mol. The maximum atomic E-state index is 8.58. The van der Waals surface area contributed by atoms with Gasteiger partial charge in [0.25, 0.3) is 10.3 Å². The van der Waals surface area contributed by atoms with E-state index >= 15 is 0 Å². The summed E-state index contributed by atoms with van der Waals surface area (Å²) in [7, 11) is 0. The zero-order valence-electron chi connectivity index (χ0n) is 12.7. The van der Waals surface area contributed by atoms with Gasteiger partial charge >= 0.3 is 0 Å². The van der Waals surface area contributed by atoms with E-state index in [1.54, 1.807) is 11.3 Å². The Labute approximate surface area is 141 Å². The fraction of sp³-hybridized carbons (Fsp3) is 0.538. The van der Waals surface area contributed by atoms with Crippen molar-refractivity contribution in [1.29, 1.82) is 0 Å². The summed E-state index contributed by atoms with van der Waals surface area (Å²) < 4.78 is 0. The minimum atomic E-state index is -0.500. The molecule has 0 aliphatic rings. The van der Waals surface area contributed by atoms with Crippen molar-refractivity contribution in [3.8, 4) is 0 Å². The molecule has 0 aliphatic heterocycles.